The van der Waals surface area contributed by atoms with Crippen LogP contribution in [0.3, 0.4) is 0 Å². The Bertz CT molecular complexity index is 1020. The number of nitrogens with zero attached hydrogens (tertiary/aromatic N) is 3. The zero-order valence-electron chi connectivity index (χ0n) is 18.2. The van der Waals surface area contributed by atoms with Gasteiger partial charge in [0.2, 0.25) is 5.91 Å². The maximum absolute atomic E-state index is 13.1. The Morgan fingerprint density at radius 2 is 1.74 bits per heavy atom. The van der Waals surface area contributed by atoms with Crippen LogP contribution in [0.25, 0.3) is 22.0 Å². The van der Waals surface area contributed by atoms with E-state index in [-0.39, 0.29) is 0 Å². The molecule has 4 heterocycles. The van der Waals surface area contributed by atoms with Gasteiger partial charge in [0, 0.05) is 53.6 Å². The van der Waals surface area contributed by atoms with Crippen molar-refractivity contribution < 1.29 is 4.79 Å². The number of hydrogen-bond acceptors (Lipinski definition) is 3. The molecule has 2 aromatic heterocycles. The van der Waals surface area contributed by atoms with E-state index in [0.29, 0.717) is 18.4 Å². The number of fused-ring (bicyclic) bond motifs is 1. The second kappa shape index (κ2) is 9.23. The lowest BCUT2D eigenvalue weighted by atomic mass is 9.89. The van der Waals surface area contributed by atoms with Crippen LogP contribution in [-0.2, 0) is 4.79 Å². The summed E-state index contributed by atoms with van der Waals surface area (Å²) in [5.41, 5.74) is 4.89. The first-order valence-corrected chi connectivity index (χ1v) is 11.8. The molecule has 0 saturated carbocycles. The molecule has 5 nitrogen and oxygen atoms in total. The van der Waals surface area contributed by atoms with Crippen LogP contribution in [0, 0.1) is 0 Å². The fraction of sp³-hybridized carbons (Fsp3) is 0.462. The number of H-pyrrole nitrogens is 1. The van der Waals surface area contributed by atoms with Gasteiger partial charge in [0.25, 0.3) is 0 Å². The highest BCUT2D eigenvalue weighted by atomic mass is 16.2. The highest BCUT2D eigenvalue weighted by molar-refractivity contribution is 5.97. The highest BCUT2D eigenvalue weighted by Gasteiger charge is 2.29. The van der Waals surface area contributed by atoms with Gasteiger partial charge >= 0.3 is 0 Å². The SMILES string of the molecule is O=C(CN1CCCCCC1)N1CCCC(c2[nH]c3ccccc3c2-c2ccncc2)C1. The number of aromatic nitrogens is 2. The summed E-state index contributed by atoms with van der Waals surface area (Å²) in [6.07, 6.45) is 10.9. The number of nitrogens with one attached hydrogen (secondary N) is 1. The predicted octanol–water partition coefficient (Wildman–Crippen LogP) is 4.81. The van der Waals surface area contributed by atoms with Crippen molar-refractivity contribution in [3.8, 4) is 11.1 Å². The standard InChI is InChI=1S/C26H32N4O/c31-24(19-29-15-5-1-2-6-16-29)30-17-7-8-21(18-30)26-25(20-11-13-27-14-12-20)22-9-3-4-10-23(22)28-26/h3-4,9-14,21,28H,1-2,5-8,15-19H2. The third-order valence-electron chi connectivity index (χ3n) is 6.94. The number of para-hydroxylation sites is 1. The molecule has 2 fully saturated rings. The number of amides is 1. The van der Waals surface area contributed by atoms with E-state index in [0.717, 1.165) is 44.5 Å². The van der Waals surface area contributed by atoms with Crippen LogP contribution in [-0.4, -0.2) is 58.4 Å². The van der Waals surface area contributed by atoms with Crippen molar-refractivity contribution in [2.75, 3.05) is 32.7 Å². The van der Waals surface area contributed by atoms with Crippen LogP contribution in [0.15, 0.2) is 48.8 Å². The lowest BCUT2D eigenvalue weighted by Gasteiger charge is -2.34. The van der Waals surface area contributed by atoms with Gasteiger partial charge in [-0.1, -0.05) is 31.0 Å². The fourth-order valence-electron chi connectivity index (χ4n) is 5.32. The van der Waals surface area contributed by atoms with Crippen LogP contribution in [0.2, 0.25) is 0 Å². The highest BCUT2D eigenvalue weighted by Crippen LogP contribution is 2.39. The molecular weight excluding hydrogens is 384 g/mol. The van der Waals surface area contributed by atoms with Crippen molar-refractivity contribution in [2.24, 2.45) is 0 Å². The van der Waals surface area contributed by atoms with Crippen LogP contribution in [0.4, 0.5) is 0 Å². The Balaban J connectivity index is 1.39. The van der Waals surface area contributed by atoms with E-state index in [1.807, 2.05) is 12.4 Å². The molecule has 1 atom stereocenters. The minimum Gasteiger partial charge on any atom is -0.358 e. The van der Waals surface area contributed by atoms with Gasteiger partial charge in [-0.2, -0.15) is 0 Å². The molecule has 3 aromatic rings. The average Bonchev–Trinajstić information content (AvgIpc) is 3.02. The molecule has 1 amide bonds. The molecule has 2 saturated heterocycles. The largest absolute Gasteiger partial charge is 0.358 e. The molecule has 5 rings (SSSR count). The molecular formula is C26H32N4O. The lowest BCUT2D eigenvalue weighted by Crippen LogP contribution is -2.45. The van der Waals surface area contributed by atoms with Crippen LogP contribution in [0.1, 0.15) is 50.1 Å². The summed E-state index contributed by atoms with van der Waals surface area (Å²) in [6.45, 7) is 4.40. The number of aromatic amines is 1. The van der Waals surface area contributed by atoms with E-state index in [1.165, 1.54) is 47.9 Å². The molecule has 1 unspecified atom stereocenters. The molecule has 0 spiro atoms. The second-order valence-corrected chi connectivity index (χ2v) is 9.06. The summed E-state index contributed by atoms with van der Waals surface area (Å²) in [5, 5.41) is 1.25. The van der Waals surface area contributed by atoms with Crippen LogP contribution in [0.5, 0.6) is 0 Å². The third-order valence-corrected chi connectivity index (χ3v) is 6.94. The van der Waals surface area contributed by atoms with Crippen LogP contribution >= 0.6 is 0 Å². The molecule has 31 heavy (non-hydrogen) atoms. The number of carbonyl (C=O) groups is 1. The molecule has 0 radical (unpaired) electrons. The van der Waals surface area contributed by atoms with Gasteiger partial charge in [0.1, 0.15) is 0 Å². The van der Waals surface area contributed by atoms with Crippen LogP contribution < -0.4 is 0 Å². The van der Waals surface area contributed by atoms with E-state index in [1.54, 1.807) is 0 Å². The Morgan fingerprint density at radius 3 is 2.55 bits per heavy atom. The van der Waals surface area contributed by atoms with Crippen molar-refractivity contribution in [3.05, 3.63) is 54.5 Å². The van der Waals surface area contributed by atoms with Gasteiger partial charge in [-0.25, -0.2) is 0 Å². The Morgan fingerprint density at radius 1 is 0.968 bits per heavy atom. The van der Waals surface area contributed by atoms with Gasteiger partial charge in [-0.15, -0.1) is 0 Å². The summed E-state index contributed by atoms with van der Waals surface area (Å²) in [4.78, 5) is 25.5. The average molecular weight is 417 g/mol. The Hall–Kier alpha value is -2.66. The molecule has 0 bridgehead atoms. The third kappa shape index (κ3) is 4.38. The zero-order valence-corrected chi connectivity index (χ0v) is 18.2. The summed E-state index contributed by atoms with van der Waals surface area (Å²) in [7, 11) is 0. The molecule has 1 aromatic carbocycles. The summed E-state index contributed by atoms with van der Waals surface area (Å²) < 4.78 is 0. The van der Waals surface area contributed by atoms with E-state index >= 15 is 0 Å². The number of piperidine rings is 1. The zero-order chi connectivity index (χ0) is 21.0. The maximum Gasteiger partial charge on any atom is 0.236 e. The summed E-state index contributed by atoms with van der Waals surface area (Å²) in [5.74, 6) is 0.630. The van der Waals surface area contributed by atoms with Crippen molar-refractivity contribution in [1.29, 1.82) is 0 Å². The van der Waals surface area contributed by atoms with E-state index in [9.17, 15) is 4.79 Å². The van der Waals surface area contributed by atoms with Gasteiger partial charge in [-0.05, 0) is 62.5 Å². The first-order valence-electron chi connectivity index (χ1n) is 11.8. The van der Waals surface area contributed by atoms with Gasteiger partial charge in [0.05, 0.1) is 6.54 Å². The lowest BCUT2D eigenvalue weighted by molar-refractivity contribution is -0.133. The molecule has 2 aliphatic heterocycles. The number of pyridine rings is 1. The number of rotatable bonds is 4. The van der Waals surface area contributed by atoms with Crippen molar-refractivity contribution >= 4 is 16.8 Å². The summed E-state index contributed by atoms with van der Waals surface area (Å²) >= 11 is 0. The Labute approximate surface area is 184 Å². The minimum atomic E-state index is 0.299. The van der Waals surface area contributed by atoms with Gasteiger partial charge < -0.3 is 9.88 Å². The molecule has 0 aliphatic carbocycles. The number of likely N-dealkylation sites (tertiary alicyclic amines) is 2. The van der Waals surface area contributed by atoms with Gasteiger partial charge in [0.15, 0.2) is 0 Å². The number of hydrogen-bond donors (Lipinski definition) is 1. The topological polar surface area (TPSA) is 52.2 Å². The predicted molar refractivity (Wildman–Crippen MR) is 125 cm³/mol. The fourth-order valence-corrected chi connectivity index (χ4v) is 5.32. The molecule has 5 heteroatoms. The smallest absolute Gasteiger partial charge is 0.236 e. The molecule has 2 aliphatic rings. The van der Waals surface area contributed by atoms with Crippen molar-refractivity contribution in [2.45, 2.75) is 44.4 Å². The number of carbonyl (C=O) groups excluding carboxylic acids is 1. The van der Waals surface area contributed by atoms with Crippen molar-refractivity contribution in [3.63, 3.8) is 0 Å². The monoisotopic (exact) mass is 416 g/mol. The van der Waals surface area contributed by atoms with Gasteiger partial charge in [-0.3, -0.25) is 14.7 Å². The Kier molecular flexibility index (Phi) is 6.03. The van der Waals surface area contributed by atoms with E-state index in [2.05, 4.69) is 56.2 Å². The summed E-state index contributed by atoms with van der Waals surface area (Å²) in [6, 6.07) is 12.7. The normalized spacial score (nSPS) is 20.6. The molecule has 162 valence electrons. The quantitative estimate of drug-likeness (QED) is 0.664. The molecule has 1 N–H and O–H groups in total. The van der Waals surface area contributed by atoms with E-state index < -0.39 is 0 Å². The second-order valence-electron chi connectivity index (χ2n) is 9.06. The van der Waals surface area contributed by atoms with Crippen molar-refractivity contribution in [1.82, 2.24) is 19.8 Å². The van der Waals surface area contributed by atoms with E-state index in [4.69, 9.17) is 0 Å². The minimum absolute atomic E-state index is 0.299. The number of benzene rings is 1. The maximum atomic E-state index is 13.1. The first kappa shape index (κ1) is 20.3. The first-order chi connectivity index (χ1) is 15.3.